The highest BCUT2D eigenvalue weighted by molar-refractivity contribution is 5.98. The van der Waals surface area contributed by atoms with E-state index in [1.165, 1.54) is 62.6 Å². The first kappa shape index (κ1) is 18.7. The highest BCUT2D eigenvalue weighted by atomic mass is 16.1. The molecular formula is C24H34N2O. The molecule has 2 atom stereocenters. The Kier molecular flexibility index (Phi) is 5.68. The molecule has 3 fully saturated rings. The van der Waals surface area contributed by atoms with Crippen LogP contribution >= 0.6 is 0 Å². The van der Waals surface area contributed by atoms with E-state index in [9.17, 15) is 4.79 Å². The number of carbonyl (C=O) groups is 1. The molecule has 5 rings (SSSR count). The van der Waals surface area contributed by atoms with E-state index in [4.69, 9.17) is 0 Å². The number of carbonyl (C=O) groups excluding carboxylic acids is 1. The maximum absolute atomic E-state index is 11.5. The summed E-state index contributed by atoms with van der Waals surface area (Å²) >= 11 is 0. The SMILES string of the molecule is CCCCC1CC2CC(C1)N2CCCn1cc(C=O)c2cccc(CC)c21. The smallest absolute Gasteiger partial charge is 0.152 e. The molecule has 3 aliphatic rings. The minimum absolute atomic E-state index is 0.833. The van der Waals surface area contributed by atoms with Gasteiger partial charge in [0.1, 0.15) is 0 Å². The van der Waals surface area contributed by atoms with Crippen LogP contribution in [0.2, 0.25) is 0 Å². The number of nitrogens with zero attached hydrogens (tertiary/aromatic N) is 2. The Morgan fingerprint density at radius 1 is 1.07 bits per heavy atom. The third kappa shape index (κ3) is 3.59. The second kappa shape index (κ2) is 8.18. The van der Waals surface area contributed by atoms with Crippen LogP contribution in [0.1, 0.15) is 74.7 Å². The molecule has 3 heteroatoms. The Morgan fingerprint density at radius 3 is 2.59 bits per heavy atom. The van der Waals surface area contributed by atoms with Crippen molar-refractivity contribution in [2.24, 2.45) is 5.92 Å². The lowest BCUT2D eigenvalue weighted by Gasteiger charge is -2.56. The van der Waals surface area contributed by atoms with Gasteiger partial charge in [0.05, 0.1) is 5.52 Å². The molecule has 146 valence electrons. The zero-order chi connectivity index (χ0) is 18.8. The fraction of sp³-hybridized carbons (Fsp3) is 0.625. The van der Waals surface area contributed by atoms with Crippen LogP contribution < -0.4 is 0 Å². The minimum Gasteiger partial charge on any atom is -0.346 e. The van der Waals surface area contributed by atoms with Crippen LogP contribution in [0.25, 0.3) is 10.9 Å². The lowest BCUT2D eigenvalue weighted by molar-refractivity contribution is -0.0544. The molecule has 27 heavy (non-hydrogen) atoms. The van der Waals surface area contributed by atoms with Crippen molar-refractivity contribution in [3.05, 3.63) is 35.5 Å². The van der Waals surface area contributed by atoms with Gasteiger partial charge in [-0.1, -0.05) is 51.3 Å². The largest absolute Gasteiger partial charge is 0.346 e. The third-order valence-corrected chi connectivity index (χ3v) is 6.99. The molecule has 0 radical (unpaired) electrons. The van der Waals surface area contributed by atoms with Gasteiger partial charge in [0, 0.05) is 42.3 Å². The van der Waals surface area contributed by atoms with E-state index in [0.29, 0.717) is 0 Å². The molecule has 0 N–H and O–H groups in total. The molecule has 1 saturated carbocycles. The number of aryl methyl sites for hydroxylation is 2. The average molecular weight is 367 g/mol. The van der Waals surface area contributed by atoms with E-state index < -0.39 is 0 Å². The van der Waals surface area contributed by atoms with Crippen LogP contribution in [0, 0.1) is 5.92 Å². The molecule has 0 spiro atoms. The van der Waals surface area contributed by atoms with E-state index in [1.807, 2.05) is 0 Å². The second-order valence-corrected chi connectivity index (χ2v) is 8.68. The zero-order valence-corrected chi connectivity index (χ0v) is 17.0. The van der Waals surface area contributed by atoms with Crippen molar-refractivity contribution in [2.75, 3.05) is 6.54 Å². The van der Waals surface area contributed by atoms with E-state index in [0.717, 1.165) is 48.2 Å². The van der Waals surface area contributed by atoms with Gasteiger partial charge >= 0.3 is 0 Å². The molecule has 2 aromatic rings. The van der Waals surface area contributed by atoms with Gasteiger partial charge in [-0.2, -0.15) is 0 Å². The number of para-hydroxylation sites is 1. The van der Waals surface area contributed by atoms with Crippen molar-refractivity contribution < 1.29 is 4.79 Å². The minimum atomic E-state index is 0.833. The van der Waals surface area contributed by atoms with Gasteiger partial charge < -0.3 is 4.57 Å². The van der Waals surface area contributed by atoms with Crippen LogP contribution in [-0.4, -0.2) is 34.4 Å². The lowest BCUT2D eigenvalue weighted by Crippen LogP contribution is -2.60. The summed E-state index contributed by atoms with van der Waals surface area (Å²) in [6, 6.07) is 8.07. The molecule has 1 aromatic heterocycles. The molecule has 0 amide bonds. The number of aromatic nitrogens is 1. The summed E-state index contributed by atoms with van der Waals surface area (Å²) in [5.74, 6) is 0.987. The van der Waals surface area contributed by atoms with Crippen LogP contribution in [-0.2, 0) is 13.0 Å². The summed E-state index contributed by atoms with van der Waals surface area (Å²) in [6.45, 7) is 6.72. The van der Waals surface area contributed by atoms with Gasteiger partial charge in [-0.25, -0.2) is 0 Å². The fourth-order valence-electron chi connectivity index (χ4n) is 5.61. The van der Waals surface area contributed by atoms with Crippen molar-refractivity contribution in [2.45, 2.75) is 83.8 Å². The number of unbranched alkanes of at least 4 members (excludes halogenated alkanes) is 1. The Hall–Kier alpha value is -1.61. The quantitative estimate of drug-likeness (QED) is 0.551. The Balaban J connectivity index is 1.37. The van der Waals surface area contributed by atoms with E-state index in [2.05, 4.69) is 47.7 Å². The Morgan fingerprint density at radius 2 is 1.89 bits per heavy atom. The topological polar surface area (TPSA) is 25.2 Å². The van der Waals surface area contributed by atoms with E-state index >= 15 is 0 Å². The lowest BCUT2D eigenvalue weighted by atomic mass is 9.72. The predicted molar refractivity (Wildman–Crippen MR) is 112 cm³/mol. The molecule has 1 aromatic carbocycles. The van der Waals surface area contributed by atoms with Gasteiger partial charge in [0.25, 0.3) is 0 Å². The van der Waals surface area contributed by atoms with Crippen molar-refractivity contribution in [1.29, 1.82) is 0 Å². The highest BCUT2D eigenvalue weighted by Crippen LogP contribution is 2.43. The van der Waals surface area contributed by atoms with Gasteiger partial charge in [-0.3, -0.25) is 9.69 Å². The Labute approximate surface area is 163 Å². The summed E-state index contributed by atoms with van der Waals surface area (Å²) in [5, 5.41) is 1.11. The molecule has 2 saturated heterocycles. The summed E-state index contributed by atoms with van der Waals surface area (Å²) in [5.41, 5.74) is 3.45. The first-order chi connectivity index (χ1) is 13.2. The number of benzene rings is 1. The maximum atomic E-state index is 11.5. The number of hydrogen-bond donors (Lipinski definition) is 0. The Bertz CT molecular complexity index is 781. The third-order valence-electron chi connectivity index (χ3n) is 6.99. The number of aldehydes is 1. The first-order valence-corrected chi connectivity index (χ1v) is 11.1. The molecular weight excluding hydrogens is 332 g/mol. The van der Waals surface area contributed by atoms with Gasteiger partial charge in [0.15, 0.2) is 6.29 Å². The first-order valence-electron chi connectivity index (χ1n) is 11.1. The number of fused-ring (bicyclic) bond motifs is 3. The number of piperidine rings is 1. The van der Waals surface area contributed by atoms with Gasteiger partial charge in [0.2, 0.25) is 0 Å². The summed E-state index contributed by atoms with van der Waals surface area (Å²) < 4.78 is 2.33. The summed E-state index contributed by atoms with van der Waals surface area (Å²) in [4.78, 5) is 14.3. The van der Waals surface area contributed by atoms with Crippen molar-refractivity contribution in [3.63, 3.8) is 0 Å². The molecule has 1 aliphatic carbocycles. The van der Waals surface area contributed by atoms with E-state index in [-0.39, 0.29) is 0 Å². The van der Waals surface area contributed by atoms with Gasteiger partial charge in [-0.15, -0.1) is 0 Å². The second-order valence-electron chi connectivity index (χ2n) is 8.68. The van der Waals surface area contributed by atoms with Crippen LogP contribution in [0.3, 0.4) is 0 Å². The predicted octanol–water partition coefficient (Wildman–Crippen LogP) is 5.45. The zero-order valence-electron chi connectivity index (χ0n) is 17.0. The molecule has 3 nitrogen and oxygen atoms in total. The molecule has 2 unspecified atom stereocenters. The van der Waals surface area contributed by atoms with Crippen LogP contribution in [0.15, 0.2) is 24.4 Å². The maximum Gasteiger partial charge on any atom is 0.152 e. The molecule has 2 bridgehead atoms. The monoisotopic (exact) mass is 366 g/mol. The summed E-state index contributed by atoms with van der Waals surface area (Å²) in [7, 11) is 0. The number of rotatable bonds is 9. The molecule has 2 aliphatic heterocycles. The van der Waals surface area contributed by atoms with Crippen molar-refractivity contribution >= 4 is 17.2 Å². The number of hydrogen-bond acceptors (Lipinski definition) is 2. The van der Waals surface area contributed by atoms with Crippen LogP contribution in [0.5, 0.6) is 0 Å². The van der Waals surface area contributed by atoms with Gasteiger partial charge in [-0.05, 0) is 43.6 Å². The fourth-order valence-corrected chi connectivity index (χ4v) is 5.61. The standard InChI is InChI=1S/C24H34N2O/c1-3-5-8-18-13-21-15-22(14-18)26(21)12-7-11-25-16-20(17-27)23-10-6-9-19(4-2)24(23)25/h6,9-10,16-18,21-22H,3-5,7-8,11-15H2,1-2H3. The van der Waals surface area contributed by atoms with Crippen LogP contribution in [0.4, 0.5) is 0 Å². The summed E-state index contributed by atoms with van der Waals surface area (Å²) in [6.07, 6.45) is 13.7. The highest BCUT2D eigenvalue weighted by Gasteiger charge is 2.44. The normalized spacial score (nSPS) is 24.9. The van der Waals surface area contributed by atoms with Crippen molar-refractivity contribution in [1.82, 2.24) is 9.47 Å². The van der Waals surface area contributed by atoms with Crippen molar-refractivity contribution in [3.8, 4) is 0 Å². The molecule has 3 heterocycles. The van der Waals surface area contributed by atoms with E-state index in [1.54, 1.807) is 0 Å². The average Bonchev–Trinajstić information content (AvgIpc) is 3.07.